The standard InChI is InChI=1S/C18H19NO4/c1-12(16-6-3-9-23-16)19(15-7-8-15)17(20)11-13-4-2-5-14(10-13)18(21)22/h2-6,9-10,12,15H,7-8,11H2,1H3,(H,21,22). The Balaban J connectivity index is 1.77. The Morgan fingerprint density at radius 1 is 1.30 bits per heavy atom. The van der Waals surface area contributed by atoms with Gasteiger partial charge < -0.3 is 14.4 Å². The van der Waals surface area contributed by atoms with Crippen LogP contribution in [-0.2, 0) is 11.2 Å². The lowest BCUT2D eigenvalue weighted by Crippen LogP contribution is -2.36. The van der Waals surface area contributed by atoms with Crippen molar-refractivity contribution < 1.29 is 19.1 Å². The predicted octanol–water partition coefficient (Wildman–Crippen LogP) is 3.27. The molecule has 1 fully saturated rings. The topological polar surface area (TPSA) is 70.8 Å². The number of hydrogen-bond donors (Lipinski definition) is 1. The zero-order valence-electron chi connectivity index (χ0n) is 12.9. The first kappa shape index (κ1) is 15.3. The lowest BCUT2D eigenvalue weighted by atomic mass is 10.1. The third-order valence-electron chi connectivity index (χ3n) is 4.13. The second kappa shape index (κ2) is 6.28. The van der Waals surface area contributed by atoms with Crippen molar-refractivity contribution in [3.05, 3.63) is 59.5 Å². The molecule has 1 aromatic heterocycles. The van der Waals surface area contributed by atoms with Crippen LogP contribution in [0, 0.1) is 0 Å². The average molecular weight is 313 g/mol. The summed E-state index contributed by atoms with van der Waals surface area (Å²) in [5.41, 5.74) is 0.916. The van der Waals surface area contributed by atoms with Gasteiger partial charge in [-0.25, -0.2) is 4.79 Å². The highest BCUT2D eigenvalue weighted by atomic mass is 16.4. The monoisotopic (exact) mass is 313 g/mol. The van der Waals surface area contributed by atoms with Crippen molar-refractivity contribution in [3.8, 4) is 0 Å². The molecule has 3 rings (SSSR count). The minimum absolute atomic E-state index is 0.000983. The average Bonchev–Trinajstić information content (AvgIpc) is 3.19. The minimum Gasteiger partial charge on any atom is -0.478 e. The van der Waals surface area contributed by atoms with Crippen LogP contribution in [0.4, 0.5) is 0 Å². The molecule has 1 aliphatic carbocycles. The van der Waals surface area contributed by atoms with E-state index in [0.29, 0.717) is 5.56 Å². The molecule has 23 heavy (non-hydrogen) atoms. The Hall–Kier alpha value is -2.56. The van der Waals surface area contributed by atoms with E-state index in [0.717, 1.165) is 18.6 Å². The first-order chi connectivity index (χ1) is 11.1. The molecule has 2 aromatic rings. The molecule has 1 N–H and O–H groups in total. The number of amides is 1. The van der Waals surface area contributed by atoms with E-state index in [9.17, 15) is 9.59 Å². The second-order valence-corrected chi connectivity index (χ2v) is 5.91. The molecule has 0 bridgehead atoms. The zero-order chi connectivity index (χ0) is 16.4. The molecule has 0 aliphatic heterocycles. The number of furan rings is 1. The molecule has 1 amide bonds. The van der Waals surface area contributed by atoms with Gasteiger partial charge in [-0.2, -0.15) is 0 Å². The summed E-state index contributed by atoms with van der Waals surface area (Å²) < 4.78 is 5.43. The molecule has 1 aliphatic rings. The van der Waals surface area contributed by atoms with Crippen LogP contribution in [-0.4, -0.2) is 27.9 Å². The fourth-order valence-electron chi connectivity index (χ4n) is 2.83. The molecule has 1 unspecified atom stereocenters. The Kier molecular flexibility index (Phi) is 4.19. The normalized spacial score (nSPS) is 15.2. The van der Waals surface area contributed by atoms with Crippen molar-refractivity contribution in [1.29, 1.82) is 0 Å². The molecule has 1 aromatic carbocycles. The fraction of sp³-hybridized carbons (Fsp3) is 0.333. The van der Waals surface area contributed by atoms with Gasteiger partial charge in [-0.3, -0.25) is 4.79 Å². The Bertz CT molecular complexity index is 704. The van der Waals surface area contributed by atoms with Gasteiger partial charge in [0.15, 0.2) is 0 Å². The second-order valence-electron chi connectivity index (χ2n) is 5.91. The van der Waals surface area contributed by atoms with E-state index in [-0.39, 0.29) is 30.0 Å². The smallest absolute Gasteiger partial charge is 0.335 e. The predicted molar refractivity (Wildman–Crippen MR) is 84.1 cm³/mol. The molecule has 5 heteroatoms. The summed E-state index contributed by atoms with van der Waals surface area (Å²) in [5, 5.41) is 9.06. The number of benzene rings is 1. The Labute approximate surface area is 134 Å². The zero-order valence-corrected chi connectivity index (χ0v) is 12.9. The molecule has 1 saturated carbocycles. The van der Waals surface area contributed by atoms with Crippen LogP contribution in [0.3, 0.4) is 0 Å². The molecule has 0 saturated heterocycles. The lowest BCUT2D eigenvalue weighted by molar-refractivity contribution is -0.133. The van der Waals surface area contributed by atoms with E-state index in [2.05, 4.69) is 0 Å². The van der Waals surface area contributed by atoms with Crippen molar-refractivity contribution in [2.24, 2.45) is 0 Å². The van der Waals surface area contributed by atoms with E-state index < -0.39 is 5.97 Å². The van der Waals surface area contributed by atoms with Crippen molar-refractivity contribution in [1.82, 2.24) is 4.90 Å². The highest BCUT2D eigenvalue weighted by Gasteiger charge is 2.36. The summed E-state index contributed by atoms with van der Waals surface area (Å²) in [4.78, 5) is 25.7. The number of nitrogens with zero attached hydrogens (tertiary/aromatic N) is 1. The van der Waals surface area contributed by atoms with Crippen molar-refractivity contribution >= 4 is 11.9 Å². The Morgan fingerprint density at radius 3 is 2.70 bits per heavy atom. The molecule has 1 atom stereocenters. The summed E-state index contributed by atoms with van der Waals surface area (Å²) in [7, 11) is 0. The van der Waals surface area contributed by atoms with E-state index in [1.54, 1.807) is 24.5 Å². The largest absolute Gasteiger partial charge is 0.478 e. The first-order valence-electron chi connectivity index (χ1n) is 7.73. The summed E-state index contributed by atoms with van der Waals surface area (Å²) in [6, 6.07) is 10.4. The van der Waals surface area contributed by atoms with E-state index in [1.807, 2.05) is 24.0 Å². The highest BCUT2D eigenvalue weighted by Crippen LogP contribution is 2.35. The lowest BCUT2D eigenvalue weighted by Gasteiger charge is -2.28. The minimum atomic E-state index is -0.984. The maximum atomic E-state index is 12.7. The summed E-state index contributed by atoms with van der Waals surface area (Å²) in [6.45, 7) is 1.96. The third-order valence-corrected chi connectivity index (χ3v) is 4.13. The Morgan fingerprint density at radius 2 is 2.09 bits per heavy atom. The quantitative estimate of drug-likeness (QED) is 0.888. The van der Waals surface area contributed by atoms with E-state index >= 15 is 0 Å². The molecular formula is C18H19NO4. The van der Waals surface area contributed by atoms with Gasteiger partial charge in [0.25, 0.3) is 0 Å². The molecular weight excluding hydrogens is 294 g/mol. The summed E-state index contributed by atoms with van der Waals surface area (Å²) >= 11 is 0. The SMILES string of the molecule is CC(c1ccco1)N(C(=O)Cc1cccc(C(=O)O)c1)C1CC1. The van der Waals surface area contributed by atoms with E-state index in [1.165, 1.54) is 6.07 Å². The summed E-state index contributed by atoms with van der Waals surface area (Å²) in [6.07, 6.45) is 3.82. The maximum Gasteiger partial charge on any atom is 0.335 e. The number of aromatic carboxylic acids is 1. The number of carboxylic acids is 1. The third kappa shape index (κ3) is 3.44. The number of carbonyl (C=O) groups is 2. The maximum absolute atomic E-state index is 12.7. The van der Waals surface area contributed by atoms with Gasteiger partial charge in [0.2, 0.25) is 5.91 Å². The van der Waals surface area contributed by atoms with Gasteiger partial charge in [-0.1, -0.05) is 12.1 Å². The van der Waals surface area contributed by atoms with Crippen molar-refractivity contribution in [2.45, 2.75) is 38.3 Å². The fourth-order valence-corrected chi connectivity index (χ4v) is 2.83. The van der Waals surface area contributed by atoms with Gasteiger partial charge >= 0.3 is 5.97 Å². The molecule has 5 nitrogen and oxygen atoms in total. The van der Waals surface area contributed by atoms with Crippen LogP contribution >= 0.6 is 0 Å². The first-order valence-corrected chi connectivity index (χ1v) is 7.73. The van der Waals surface area contributed by atoms with Crippen LogP contribution in [0.25, 0.3) is 0 Å². The van der Waals surface area contributed by atoms with Gasteiger partial charge in [0, 0.05) is 6.04 Å². The molecule has 0 spiro atoms. The van der Waals surface area contributed by atoms with Crippen molar-refractivity contribution in [2.75, 3.05) is 0 Å². The number of carbonyl (C=O) groups excluding carboxylic acids is 1. The van der Waals surface area contributed by atoms with Crippen LogP contribution in [0.5, 0.6) is 0 Å². The molecule has 0 radical (unpaired) electrons. The number of rotatable bonds is 6. The van der Waals surface area contributed by atoms with Gasteiger partial charge in [-0.15, -0.1) is 0 Å². The number of hydrogen-bond acceptors (Lipinski definition) is 3. The van der Waals surface area contributed by atoms with Crippen LogP contribution < -0.4 is 0 Å². The van der Waals surface area contributed by atoms with Crippen LogP contribution in [0.1, 0.15) is 47.5 Å². The van der Waals surface area contributed by atoms with Crippen molar-refractivity contribution in [3.63, 3.8) is 0 Å². The van der Waals surface area contributed by atoms with Gasteiger partial charge in [0.05, 0.1) is 24.3 Å². The van der Waals surface area contributed by atoms with Gasteiger partial charge in [0.1, 0.15) is 5.76 Å². The van der Waals surface area contributed by atoms with Gasteiger partial charge in [-0.05, 0) is 49.6 Å². The van der Waals surface area contributed by atoms with E-state index in [4.69, 9.17) is 9.52 Å². The molecule has 120 valence electrons. The van der Waals surface area contributed by atoms with Crippen LogP contribution in [0.2, 0.25) is 0 Å². The van der Waals surface area contributed by atoms with Crippen LogP contribution in [0.15, 0.2) is 47.1 Å². The molecule has 1 heterocycles. The highest BCUT2D eigenvalue weighted by molar-refractivity contribution is 5.88. The summed E-state index contributed by atoms with van der Waals surface area (Å²) in [5.74, 6) is -0.217. The number of carboxylic acid groups (broad SMARTS) is 1.